The summed E-state index contributed by atoms with van der Waals surface area (Å²) in [5.41, 5.74) is -0.682. The maximum absolute atomic E-state index is 13.2. The third-order valence-corrected chi connectivity index (χ3v) is 3.03. The molecule has 7 heteroatoms. The van der Waals surface area contributed by atoms with Gasteiger partial charge in [-0.2, -0.15) is 13.2 Å². The molecule has 0 unspecified atom stereocenters. The van der Waals surface area contributed by atoms with E-state index in [4.69, 9.17) is 11.6 Å². The lowest BCUT2D eigenvalue weighted by Gasteiger charge is -2.06. The molecule has 2 nitrogen and oxygen atoms in total. The molecular weight excluding hydrogens is 310 g/mol. The minimum absolute atomic E-state index is 0.0705. The van der Waals surface area contributed by atoms with Crippen molar-refractivity contribution in [3.8, 4) is 0 Å². The number of Topliss-reactive ketones (excluding diaryl/α,β-unsaturated/α-hetero) is 1. The Kier molecular flexibility index (Phi) is 4.27. The van der Waals surface area contributed by atoms with Crippen molar-refractivity contribution in [2.45, 2.75) is 12.6 Å². The first-order chi connectivity index (χ1) is 9.77. The Morgan fingerprint density at radius 1 is 1.19 bits per heavy atom. The maximum atomic E-state index is 13.2. The number of ketones is 1. The summed E-state index contributed by atoms with van der Waals surface area (Å²) in [6, 6.07) is 5.65. The van der Waals surface area contributed by atoms with Crippen LogP contribution in [-0.2, 0) is 12.6 Å². The molecule has 1 aromatic carbocycles. The highest BCUT2D eigenvalue weighted by Crippen LogP contribution is 2.28. The summed E-state index contributed by atoms with van der Waals surface area (Å²) in [7, 11) is 0. The number of nitrogens with zero attached hydrogens (tertiary/aromatic N) is 1. The van der Waals surface area contributed by atoms with Crippen molar-refractivity contribution in [1.29, 1.82) is 0 Å². The van der Waals surface area contributed by atoms with Gasteiger partial charge >= 0.3 is 6.18 Å². The van der Waals surface area contributed by atoms with Crippen LogP contribution in [0.15, 0.2) is 36.5 Å². The van der Waals surface area contributed by atoms with Crippen LogP contribution in [0.25, 0.3) is 0 Å². The average molecular weight is 318 g/mol. The predicted molar refractivity (Wildman–Crippen MR) is 68.7 cm³/mol. The number of pyridine rings is 1. The van der Waals surface area contributed by atoms with Gasteiger partial charge in [0.15, 0.2) is 5.78 Å². The smallest absolute Gasteiger partial charge is 0.292 e. The molecule has 0 fully saturated rings. The van der Waals surface area contributed by atoms with E-state index in [0.717, 1.165) is 18.2 Å². The highest BCUT2D eigenvalue weighted by Gasteiger charge is 2.30. The second-order valence-corrected chi connectivity index (χ2v) is 4.69. The van der Waals surface area contributed by atoms with E-state index in [2.05, 4.69) is 4.98 Å². The van der Waals surface area contributed by atoms with Crippen LogP contribution in [0.2, 0.25) is 5.02 Å². The number of carbonyl (C=O) groups is 1. The lowest BCUT2D eigenvalue weighted by molar-refractivity contribution is -0.137. The van der Waals surface area contributed by atoms with Gasteiger partial charge in [-0.1, -0.05) is 17.7 Å². The molecule has 0 N–H and O–H groups in total. The van der Waals surface area contributed by atoms with Gasteiger partial charge in [0.1, 0.15) is 11.5 Å². The van der Waals surface area contributed by atoms with Crippen molar-refractivity contribution < 1.29 is 22.4 Å². The molecule has 110 valence electrons. The van der Waals surface area contributed by atoms with E-state index in [-0.39, 0.29) is 17.1 Å². The number of alkyl halides is 3. The Morgan fingerprint density at radius 2 is 1.90 bits per heavy atom. The van der Waals surface area contributed by atoms with Crippen LogP contribution in [0.5, 0.6) is 0 Å². The normalized spacial score (nSPS) is 11.5. The Morgan fingerprint density at radius 3 is 2.43 bits per heavy atom. The van der Waals surface area contributed by atoms with E-state index in [1.165, 1.54) is 12.1 Å². The summed E-state index contributed by atoms with van der Waals surface area (Å²) in [6.07, 6.45) is -4.09. The zero-order chi connectivity index (χ0) is 15.6. The zero-order valence-electron chi connectivity index (χ0n) is 10.4. The topological polar surface area (TPSA) is 30.0 Å². The number of hydrogen-bond acceptors (Lipinski definition) is 2. The van der Waals surface area contributed by atoms with Crippen molar-refractivity contribution in [2.24, 2.45) is 0 Å². The van der Waals surface area contributed by atoms with Gasteiger partial charge in [0, 0.05) is 12.6 Å². The summed E-state index contributed by atoms with van der Waals surface area (Å²) < 4.78 is 50.3. The molecule has 0 aliphatic rings. The van der Waals surface area contributed by atoms with Crippen LogP contribution in [0, 0.1) is 5.82 Å². The second kappa shape index (κ2) is 5.81. The number of benzene rings is 1. The molecule has 1 heterocycles. The fraction of sp³-hybridized carbons (Fsp3) is 0.143. The Labute approximate surface area is 122 Å². The van der Waals surface area contributed by atoms with E-state index < -0.39 is 23.3 Å². The minimum atomic E-state index is -4.51. The average Bonchev–Trinajstić information content (AvgIpc) is 2.42. The third kappa shape index (κ3) is 3.78. The second-order valence-electron chi connectivity index (χ2n) is 4.28. The lowest BCUT2D eigenvalue weighted by atomic mass is 10.1. The van der Waals surface area contributed by atoms with E-state index in [0.29, 0.717) is 11.8 Å². The van der Waals surface area contributed by atoms with Gasteiger partial charge in [-0.15, -0.1) is 0 Å². The van der Waals surface area contributed by atoms with Crippen LogP contribution in [0.4, 0.5) is 17.6 Å². The Hall–Kier alpha value is -1.95. The van der Waals surface area contributed by atoms with Gasteiger partial charge in [0.25, 0.3) is 0 Å². The molecule has 2 aromatic rings. The SMILES string of the molecule is O=C(Cc1ccc(Cl)c(F)c1)c1ccc(C(F)(F)F)cn1. The molecule has 21 heavy (non-hydrogen) atoms. The van der Waals surface area contributed by atoms with Crippen LogP contribution < -0.4 is 0 Å². The summed E-state index contributed by atoms with van der Waals surface area (Å²) in [5, 5.41) is -0.0705. The first-order valence-electron chi connectivity index (χ1n) is 5.78. The predicted octanol–water partition coefficient (Wildman–Crippen LogP) is 4.32. The van der Waals surface area contributed by atoms with Gasteiger partial charge in [0.2, 0.25) is 0 Å². The molecule has 0 spiro atoms. The van der Waals surface area contributed by atoms with Gasteiger partial charge in [-0.3, -0.25) is 9.78 Å². The molecule has 0 bridgehead atoms. The van der Waals surface area contributed by atoms with Crippen molar-refractivity contribution in [1.82, 2.24) is 4.98 Å². The van der Waals surface area contributed by atoms with Crippen LogP contribution >= 0.6 is 11.6 Å². The minimum Gasteiger partial charge on any atom is -0.292 e. The first kappa shape index (κ1) is 15.4. The molecule has 0 saturated heterocycles. The number of hydrogen-bond donors (Lipinski definition) is 0. The highest BCUT2D eigenvalue weighted by atomic mass is 35.5. The molecule has 2 rings (SSSR count). The molecular formula is C14H8ClF4NO. The van der Waals surface area contributed by atoms with Crippen LogP contribution in [0.1, 0.15) is 21.6 Å². The Balaban J connectivity index is 2.15. The number of rotatable bonds is 3. The Bertz CT molecular complexity index is 668. The standard InChI is InChI=1S/C14H8ClF4NO/c15-10-3-1-8(5-11(10)16)6-13(21)12-4-2-9(7-20-12)14(17,18)19/h1-5,7H,6H2. The van der Waals surface area contributed by atoms with E-state index in [1.54, 1.807) is 0 Å². The lowest BCUT2D eigenvalue weighted by Crippen LogP contribution is -2.10. The van der Waals surface area contributed by atoms with E-state index in [9.17, 15) is 22.4 Å². The van der Waals surface area contributed by atoms with Crippen LogP contribution in [-0.4, -0.2) is 10.8 Å². The fourth-order valence-corrected chi connectivity index (χ4v) is 1.77. The van der Waals surface area contributed by atoms with Gasteiger partial charge in [0.05, 0.1) is 10.6 Å². The molecule has 0 aliphatic carbocycles. The molecule has 0 atom stereocenters. The molecule has 0 saturated carbocycles. The number of aromatic nitrogens is 1. The van der Waals surface area contributed by atoms with E-state index in [1.807, 2.05) is 0 Å². The number of carbonyl (C=O) groups excluding carboxylic acids is 1. The van der Waals surface area contributed by atoms with Crippen molar-refractivity contribution in [2.75, 3.05) is 0 Å². The molecule has 0 aliphatic heterocycles. The molecule has 0 radical (unpaired) electrons. The van der Waals surface area contributed by atoms with Gasteiger partial charge in [-0.05, 0) is 29.8 Å². The fourth-order valence-electron chi connectivity index (χ4n) is 1.65. The van der Waals surface area contributed by atoms with Gasteiger partial charge in [-0.25, -0.2) is 4.39 Å². The molecule has 1 aromatic heterocycles. The highest BCUT2D eigenvalue weighted by molar-refractivity contribution is 6.30. The number of halogens is 5. The summed E-state index contributed by atoms with van der Waals surface area (Å²) >= 11 is 5.52. The van der Waals surface area contributed by atoms with Crippen molar-refractivity contribution in [3.63, 3.8) is 0 Å². The first-order valence-corrected chi connectivity index (χ1v) is 6.15. The molecule has 0 amide bonds. The van der Waals surface area contributed by atoms with Crippen molar-refractivity contribution >= 4 is 17.4 Å². The summed E-state index contributed by atoms with van der Waals surface area (Å²) in [4.78, 5) is 15.4. The summed E-state index contributed by atoms with van der Waals surface area (Å²) in [5.74, 6) is -1.17. The van der Waals surface area contributed by atoms with Crippen LogP contribution in [0.3, 0.4) is 0 Å². The largest absolute Gasteiger partial charge is 0.417 e. The summed E-state index contributed by atoms with van der Waals surface area (Å²) in [6.45, 7) is 0. The van der Waals surface area contributed by atoms with Gasteiger partial charge < -0.3 is 0 Å². The monoisotopic (exact) mass is 317 g/mol. The zero-order valence-corrected chi connectivity index (χ0v) is 11.2. The van der Waals surface area contributed by atoms with Crippen molar-refractivity contribution in [3.05, 3.63) is 64.2 Å². The quantitative estimate of drug-likeness (QED) is 0.623. The maximum Gasteiger partial charge on any atom is 0.417 e. The third-order valence-electron chi connectivity index (χ3n) is 2.73. The van der Waals surface area contributed by atoms with E-state index >= 15 is 0 Å².